The van der Waals surface area contributed by atoms with E-state index in [0.717, 1.165) is 59.2 Å². The Morgan fingerprint density at radius 2 is 1.75 bits per heavy atom. The molecule has 2 aromatic carbocycles. The number of benzene rings is 2. The molecule has 0 unspecified atom stereocenters. The minimum absolute atomic E-state index is 0.641. The molecule has 0 aliphatic carbocycles. The van der Waals surface area contributed by atoms with E-state index in [2.05, 4.69) is 96.3 Å². The number of hydrogen-bond acceptors (Lipinski definition) is 7. The van der Waals surface area contributed by atoms with E-state index in [1.165, 1.54) is 9.09 Å². The molecule has 0 amide bonds. The summed E-state index contributed by atoms with van der Waals surface area (Å²) in [6, 6.07) is 18.9. The predicted molar refractivity (Wildman–Crippen MR) is 161 cm³/mol. The van der Waals surface area contributed by atoms with E-state index in [-0.39, 0.29) is 0 Å². The molecule has 0 bridgehead atoms. The largest absolute Gasteiger partial charge is 0.478 e. The predicted octanol–water partition coefficient (Wildman–Crippen LogP) is 7.82. The second kappa shape index (κ2) is 14.0. The van der Waals surface area contributed by atoms with E-state index < -0.39 is 0 Å². The van der Waals surface area contributed by atoms with Crippen LogP contribution in [0.5, 0.6) is 0 Å². The van der Waals surface area contributed by atoms with Crippen LogP contribution in [0.15, 0.2) is 76.8 Å². The Bertz CT molecular complexity index is 1170. The minimum atomic E-state index is 0.641. The number of allylic oxidation sites excluding steroid dienone is 2. The number of ether oxygens (including phenoxy) is 1. The van der Waals surface area contributed by atoms with Gasteiger partial charge in [0, 0.05) is 22.8 Å². The molecule has 4 N–H and O–H groups in total. The SMILES string of the molecule is CC/C=C(/Nc1ccc(/C(=C\CC)Nc2cc(-c3ccc(SC)s3)ccc2N)cc1)OCCN(C)C. The first-order chi connectivity index (χ1) is 17.4. The van der Waals surface area contributed by atoms with Crippen molar-refractivity contribution < 1.29 is 4.74 Å². The van der Waals surface area contributed by atoms with Crippen LogP contribution in [0.1, 0.15) is 32.3 Å². The number of hydrogen-bond donors (Lipinski definition) is 3. The van der Waals surface area contributed by atoms with Crippen molar-refractivity contribution in [1.29, 1.82) is 0 Å². The van der Waals surface area contributed by atoms with Gasteiger partial charge in [-0.25, -0.2) is 0 Å². The Kier molecular flexibility index (Phi) is 10.8. The third-order valence-electron chi connectivity index (χ3n) is 5.45. The highest BCUT2D eigenvalue weighted by atomic mass is 32.2. The lowest BCUT2D eigenvalue weighted by Crippen LogP contribution is -2.19. The first-order valence-electron chi connectivity index (χ1n) is 12.3. The average molecular weight is 523 g/mol. The molecule has 0 saturated heterocycles. The Labute approximate surface area is 224 Å². The van der Waals surface area contributed by atoms with Gasteiger partial charge in [-0.3, -0.25) is 0 Å². The average Bonchev–Trinajstić information content (AvgIpc) is 3.35. The van der Waals surface area contributed by atoms with Crippen molar-refractivity contribution in [1.82, 2.24) is 4.90 Å². The van der Waals surface area contributed by atoms with Gasteiger partial charge in [0.1, 0.15) is 6.61 Å². The lowest BCUT2D eigenvalue weighted by atomic mass is 10.1. The molecular weight excluding hydrogens is 484 g/mol. The highest BCUT2D eigenvalue weighted by Gasteiger charge is 2.09. The van der Waals surface area contributed by atoms with Crippen LogP contribution in [0, 0.1) is 0 Å². The Hall–Kier alpha value is -2.87. The Morgan fingerprint density at radius 3 is 2.39 bits per heavy atom. The number of nitrogen functional groups attached to an aromatic ring is 1. The van der Waals surface area contributed by atoms with Crippen molar-refractivity contribution >= 4 is 45.9 Å². The van der Waals surface area contributed by atoms with Crippen molar-refractivity contribution in [3.8, 4) is 10.4 Å². The van der Waals surface area contributed by atoms with Gasteiger partial charge >= 0.3 is 0 Å². The van der Waals surface area contributed by atoms with Crippen molar-refractivity contribution in [2.24, 2.45) is 0 Å². The smallest absolute Gasteiger partial charge is 0.186 e. The summed E-state index contributed by atoms with van der Waals surface area (Å²) < 4.78 is 7.23. The molecule has 1 heterocycles. The summed E-state index contributed by atoms with van der Waals surface area (Å²) in [6.45, 7) is 5.75. The van der Waals surface area contributed by atoms with Crippen LogP contribution in [-0.2, 0) is 4.74 Å². The second-order valence-electron chi connectivity index (χ2n) is 8.61. The van der Waals surface area contributed by atoms with Gasteiger partial charge in [0.15, 0.2) is 5.88 Å². The summed E-state index contributed by atoms with van der Waals surface area (Å²) in [6.07, 6.45) is 8.18. The fourth-order valence-corrected chi connectivity index (χ4v) is 5.08. The number of thiophene rings is 1. The Morgan fingerprint density at radius 1 is 1.00 bits per heavy atom. The molecule has 0 saturated carbocycles. The third-order valence-corrected chi connectivity index (χ3v) is 7.66. The summed E-state index contributed by atoms with van der Waals surface area (Å²) in [5, 5.41) is 6.99. The Balaban J connectivity index is 1.75. The van der Waals surface area contributed by atoms with Crippen LogP contribution in [0.4, 0.5) is 17.1 Å². The van der Waals surface area contributed by atoms with Gasteiger partial charge < -0.3 is 26.0 Å². The molecule has 0 atom stereocenters. The second-order valence-corrected chi connectivity index (χ2v) is 10.8. The van der Waals surface area contributed by atoms with Crippen molar-refractivity contribution in [3.05, 3.63) is 78.2 Å². The molecule has 3 aromatic rings. The third kappa shape index (κ3) is 8.08. The van der Waals surface area contributed by atoms with E-state index in [1.54, 1.807) is 23.1 Å². The maximum absolute atomic E-state index is 6.36. The van der Waals surface area contributed by atoms with Crippen LogP contribution in [0.2, 0.25) is 0 Å². The molecule has 0 fully saturated rings. The number of likely N-dealkylation sites (N-methyl/N-ethyl adjacent to an activating group) is 1. The zero-order valence-electron chi connectivity index (χ0n) is 21.9. The van der Waals surface area contributed by atoms with Gasteiger partial charge in [-0.15, -0.1) is 23.1 Å². The van der Waals surface area contributed by atoms with Crippen molar-refractivity contribution in [2.75, 3.05) is 49.9 Å². The molecule has 36 heavy (non-hydrogen) atoms. The lowest BCUT2D eigenvalue weighted by Gasteiger charge is -2.17. The normalized spacial score (nSPS) is 12.2. The molecule has 7 heteroatoms. The summed E-state index contributed by atoms with van der Waals surface area (Å²) in [5.74, 6) is 0.789. The zero-order valence-corrected chi connectivity index (χ0v) is 23.6. The number of nitrogens with one attached hydrogen (secondary N) is 2. The number of anilines is 3. The zero-order chi connectivity index (χ0) is 25.9. The molecule has 5 nitrogen and oxygen atoms in total. The fourth-order valence-electron chi connectivity index (χ4n) is 3.54. The number of nitrogens with two attached hydrogens (primary N) is 1. The molecule has 3 rings (SSSR count). The van der Waals surface area contributed by atoms with Gasteiger partial charge in [-0.1, -0.05) is 38.1 Å². The summed E-state index contributed by atoms with van der Waals surface area (Å²) in [4.78, 5) is 3.35. The number of thioether (sulfide) groups is 1. The maximum Gasteiger partial charge on any atom is 0.186 e. The van der Waals surface area contributed by atoms with E-state index in [4.69, 9.17) is 10.5 Å². The van der Waals surface area contributed by atoms with Crippen LogP contribution in [0.3, 0.4) is 0 Å². The summed E-state index contributed by atoms with van der Waals surface area (Å²) in [7, 11) is 4.09. The molecule has 0 spiro atoms. The first kappa shape index (κ1) is 27.7. The number of rotatable bonds is 13. The van der Waals surface area contributed by atoms with E-state index in [0.29, 0.717) is 6.61 Å². The van der Waals surface area contributed by atoms with E-state index in [1.807, 2.05) is 20.2 Å². The van der Waals surface area contributed by atoms with Gasteiger partial charge in [0.25, 0.3) is 0 Å². The molecule has 0 aliphatic rings. The van der Waals surface area contributed by atoms with Gasteiger partial charge in [-0.05, 0) is 86.8 Å². The van der Waals surface area contributed by atoms with Crippen LogP contribution >= 0.6 is 23.1 Å². The molecule has 0 aliphatic heterocycles. The maximum atomic E-state index is 6.36. The van der Waals surface area contributed by atoms with Crippen LogP contribution in [-0.4, -0.2) is 38.4 Å². The van der Waals surface area contributed by atoms with Gasteiger partial charge in [0.2, 0.25) is 0 Å². The fraction of sp³-hybridized carbons (Fsp3) is 0.310. The number of nitrogens with zero attached hydrogens (tertiary/aromatic N) is 1. The quantitative estimate of drug-likeness (QED) is 0.121. The summed E-state index contributed by atoms with van der Waals surface area (Å²) >= 11 is 3.57. The molecule has 192 valence electrons. The van der Waals surface area contributed by atoms with Crippen LogP contribution in [0.25, 0.3) is 16.1 Å². The van der Waals surface area contributed by atoms with Gasteiger partial charge in [0.05, 0.1) is 15.6 Å². The van der Waals surface area contributed by atoms with Crippen molar-refractivity contribution in [3.63, 3.8) is 0 Å². The van der Waals surface area contributed by atoms with Gasteiger partial charge in [-0.2, -0.15) is 0 Å². The standard InChI is InChI=1S/C29H38N4OS2/c1-6-8-25(32-26-20-22(12-15-24(26)30)27-16-17-29(35-5)36-27)21-10-13-23(14-11-21)31-28(9-7-2)34-19-18-33(3)4/h8-17,20,31-32H,6-7,18-19,30H2,1-5H3/b25-8+,28-9-. The minimum Gasteiger partial charge on any atom is -0.478 e. The first-order valence-corrected chi connectivity index (χ1v) is 14.3. The molecule has 1 aromatic heterocycles. The lowest BCUT2D eigenvalue weighted by molar-refractivity contribution is 0.186. The van der Waals surface area contributed by atoms with E-state index >= 15 is 0 Å². The van der Waals surface area contributed by atoms with Crippen LogP contribution < -0.4 is 16.4 Å². The summed E-state index contributed by atoms with van der Waals surface area (Å²) in [5.41, 5.74) is 12.3. The highest BCUT2D eigenvalue weighted by molar-refractivity contribution is 8.00. The van der Waals surface area contributed by atoms with Crippen molar-refractivity contribution in [2.45, 2.75) is 30.9 Å². The monoisotopic (exact) mass is 522 g/mol. The van der Waals surface area contributed by atoms with E-state index in [9.17, 15) is 0 Å². The highest BCUT2D eigenvalue weighted by Crippen LogP contribution is 2.36. The topological polar surface area (TPSA) is 62.6 Å². The molecule has 0 radical (unpaired) electrons. The molecular formula is C29H38N4OS2.